The summed E-state index contributed by atoms with van der Waals surface area (Å²) in [5, 5.41) is 2.82. The van der Waals surface area contributed by atoms with E-state index in [9.17, 15) is 18.0 Å². The summed E-state index contributed by atoms with van der Waals surface area (Å²) in [6.07, 6.45) is -0.945. The second kappa shape index (κ2) is 6.54. The van der Waals surface area contributed by atoms with Crippen LogP contribution >= 0.6 is 0 Å². The topological polar surface area (TPSA) is 67.0 Å². The summed E-state index contributed by atoms with van der Waals surface area (Å²) in [7, 11) is 0. The van der Waals surface area contributed by atoms with Crippen molar-refractivity contribution in [3.63, 3.8) is 0 Å². The van der Waals surface area contributed by atoms with Crippen LogP contribution in [0, 0.1) is 5.92 Å². The van der Waals surface area contributed by atoms with Crippen LogP contribution in [0.1, 0.15) is 23.4 Å². The van der Waals surface area contributed by atoms with Gasteiger partial charge in [0.25, 0.3) is 0 Å². The van der Waals surface area contributed by atoms with Crippen LogP contribution in [0.5, 0.6) is 5.75 Å². The van der Waals surface area contributed by atoms with Crippen LogP contribution in [0.3, 0.4) is 0 Å². The van der Waals surface area contributed by atoms with E-state index < -0.39 is 6.36 Å². The molecule has 0 aliphatic heterocycles. The molecule has 0 bridgehead atoms. The Morgan fingerprint density at radius 3 is 2.79 bits per heavy atom. The Hall–Kier alpha value is -2.51. The minimum absolute atomic E-state index is 0.0640. The maximum absolute atomic E-state index is 12.2. The van der Waals surface area contributed by atoms with Crippen molar-refractivity contribution in [2.24, 2.45) is 5.92 Å². The fourth-order valence-corrected chi connectivity index (χ4v) is 2.77. The van der Waals surface area contributed by atoms with Gasteiger partial charge < -0.3 is 15.0 Å². The number of aromatic nitrogens is 2. The molecule has 1 heterocycles. The molecule has 2 N–H and O–H groups in total. The van der Waals surface area contributed by atoms with E-state index in [1.54, 1.807) is 6.33 Å². The van der Waals surface area contributed by atoms with Crippen molar-refractivity contribution in [2.45, 2.75) is 32.2 Å². The highest BCUT2D eigenvalue weighted by Crippen LogP contribution is 2.24. The molecule has 1 aliphatic carbocycles. The molecular weight excluding hydrogens is 323 g/mol. The van der Waals surface area contributed by atoms with E-state index in [2.05, 4.69) is 20.0 Å². The summed E-state index contributed by atoms with van der Waals surface area (Å²) in [4.78, 5) is 19.5. The van der Waals surface area contributed by atoms with Crippen LogP contribution in [0.15, 0.2) is 30.6 Å². The molecule has 3 rings (SSSR count). The van der Waals surface area contributed by atoms with Gasteiger partial charge in [0, 0.05) is 24.6 Å². The molecule has 1 atom stereocenters. The Kier molecular flexibility index (Phi) is 4.46. The Morgan fingerprint density at radius 2 is 2.08 bits per heavy atom. The van der Waals surface area contributed by atoms with Crippen molar-refractivity contribution in [1.82, 2.24) is 15.3 Å². The number of hydrogen-bond donors (Lipinski definition) is 2. The van der Waals surface area contributed by atoms with Crippen molar-refractivity contribution in [3.8, 4) is 5.75 Å². The van der Waals surface area contributed by atoms with Crippen LogP contribution < -0.4 is 10.1 Å². The zero-order chi connectivity index (χ0) is 17.2. The molecule has 1 aromatic heterocycles. The monoisotopic (exact) mass is 339 g/mol. The number of amides is 1. The Balaban J connectivity index is 1.51. The number of rotatable bonds is 4. The van der Waals surface area contributed by atoms with Crippen molar-refractivity contribution < 1.29 is 22.7 Å². The highest BCUT2D eigenvalue weighted by Gasteiger charge is 2.31. The molecule has 2 aromatic rings. The number of hydrogen-bond acceptors (Lipinski definition) is 3. The normalized spacial score (nSPS) is 17.2. The van der Waals surface area contributed by atoms with E-state index >= 15 is 0 Å². The number of ether oxygens (including phenoxy) is 1. The summed E-state index contributed by atoms with van der Waals surface area (Å²) in [6.45, 7) is 0.261. The van der Waals surface area contributed by atoms with Gasteiger partial charge in [-0.2, -0.15) is 0 Å². The minimum atomic E-state index is -4.71. The van der Waals surface area contributed by atoms with E-state index in [0.29, 0.717) is 12.0 Å². The summed E-state index contributed by atoms with van der Waals surface area (Å²) in [5.41, 5.74) is 2.71. The van der Waals surface area contributed by atoms with E-state index in [1.165, 1.54) is 24.3 Å². The first-order chi connectivity index (χ1) is 11.4. The number of carbonyl (C=O) groups excluding carboxylic acids is 1. The fourth-order valence-electron chi connectivity index (χ4n) is 2.77. The smallest absolute Gasteiger partial charge is 0.406 e. The highest BCUT2D eigenvalue weighted by atomic mass is 19.4. The van der Waals surface area contributed by atoms with Gasteiger partial charge in [-0.15, -0.1) is 13.2 Å². The van der Waals surface area contributed by atoms with Crippen molar-refractivity contribution in [2.75, 3.05) is 0 Å². The number of imidazole rings is 1. The minimum Gasteiger partial charge on any atom is -0.406 e. The largest absolute Gasteiger partial charge is 0.573 e. The van der Waals surface area contributed by atoms with Gasteiger partial charge in [0.2, 0.25) is 5.91 Å². The van der Waals surface area contributed by atoms with Gasteiger partial charge in [0.15, 0.2) is 0 Å². The third-order valence-electron chi connectivity index (χ3n) is 3.98. The first kappa shape index (κ1) is 16.4. The molecule has 0 unspecified atom stereocenters. The molecule has 0 spiro atoms. The fraction of sp³-hybridized carbons (Fsp3) is 0.375. The molecule has 1 aliphatic rings. The van der Waals surface area contributed by atoms with E-state index in [-0.39, 0.29) is 24.1 Å². The third kappa shape index (κ3) is 4.06. The molecule has 24 heavy (non-hydrogen) atoms. The molecule has 8 heteroatoms. The molecule has 1 amide bonds. The van der Waals surface area contributed by atoms with Gasteiger partial charge >= 0.3 is 6.36 Å². The van der Waals surface area contributed by atoms with Gasteiger partial charge in [-0.3, -0.25) is 4.79 Å². The summed E-state index contributed by atoms with van der Waals surface area (Å²) in [5.74, 6) is -0.465. The van der Waals surface area contributed by atoms with Crippen LogP contribution in [0.4, 0.5) is 13.2 Å². The number of alkyl halides is 3. The Bertz CT molecular complexity index is 710. The SMILES string of the molecule is O=C(NCc1ccc(OC(F)(F)F)cc1)[C@@H]1CCc2nc[nH]c2C1. The lowest BCUT2D eigenvalue weighted by atomic mass is 9.89. The molecule has 1 aromatic carbocycles. The Morgan fingerprint density at radius 1 is 1.33 bits per heavy atom. The average Bonchev–Trinajstić information content (AvgIpc) is 3.00. The molecule has 0 saturated carbocycles. The summed E-state index contributed by atoms with van der Waals surface area (Å²) < 4.78 is 40.1. The number of fused-ring (bicyclic) bond motifs is 1. The summed E-state index contributed by atoms with van der Waals surface area (Å²) >= 11 is 0. The van der Waals surface area contributed by atoms with Gasteiger partial charge in [-0.1, -0.05) is 12.1 Å². The number of nitrogens with one attached hydrogen (secondary N) is 2. The zero-order valence-electron chi connectivity index (χ0n) is 12.7. The van der Waals surface area contributed by atoms with Crippen LogP contribution in [0.25, 0.3) is 0 Å². The van der Waals surface area contributed by atoms with Crippen LogP contribution in [0.2, 0.25) is 0 Å². The van der Waals surface area contributed by atoms with E-state index in [4.69, 9.17) is 0 Å². The zero-order valence-corrected chi connectivity index (χ0v) is 12.7. The predicted molar refractivity (Wildman–Crippen MR) is 79.1 cm³/mol. The van der Waals surface area contributed by atoms with Gasteiger partial charge in [0.05, 0.1) is 12.0 Å². The lowest BCUT2D eigenvalue weighted by Gasteiger charge is -2.20. The average molecular weight is 339 g/mol. The second-order valence-electron chi connectivity index (χ2n) is 5.68. The van der Waals surface area contributed by atoms with E-state index in [0.717, 1.165) is 24.2 Å². The van der Waals surface area contributed by atoms with Crippen LogP contribution in [-0.4, -0.2) is 22.2 Å². The quantitative estimate of drug-likeness (QED) is 0.900. The first-order valence-corrected chi connectivity index (χ1v) is 7.54. The summed E-state index contributed by atoms with van der Waals surface area (Å²) in [6, 6.07) is 5.45. The second-order valence-corrected chi connectivity index (χ2v) is 5.68. The van der Waals surface area contributed by atoms with Crippen molar-refractivity contribution in [1.29, 1.82) is 0 Å². The number of carbonyl (C=O) groups is 1. The molecular formula is C16H16F3N3O2. The number of halogens is 3. The first-order valence-electron chi connectivity index (χ1n) is 7.54. The highest BCUT2D eigenvalue weighted by molar-refractivity contribution is 5.79. The molecule has 0 saturated heterocycles. The molecule has 0 fully saturated rings. The van der Waals surface area contributed by atoms with Gasteiger partial charge in [-0.25, -0.2) is 4.98 Å². The van der Waals surface area contributed by atoms with Crippen LogP contribution in [-0.2, 0) is 24.2 Å². The lowest BCUT2D eigenvalue weighted by Crippen LogP contribution is -2.33. The standard InChI is InChI=1S/C16H16F3N3O2/c17-16(18,19)24-12-4-1-10(2-5-12)8-20-15(23)11-3-6-13-14(7-11)22-9-21-13/h1-2,4-5,9,11H,3,6-8H2,(H,20,23)(H,21,22)/t11-/m1/s1. The lowest BCUT2D eigenvalue weighted by molar-refractivity contribution is -0.274. The van der Waals surface area contributed by atoms with Gasteiger partial charge in [0.1, 0.15) is 5.75 Å². The van der Waals surface area contributed by atoms with E-state index in [1.807, 2.05) is 0 Å². The number of H-pyrrole nitrogens is 1. The van der Waals surface area contributed by atoms with Crippen molar-refractivity contribution >= 4 is 5.91 Å². The molecule has 5 nitrogen and oxygen atoms in total. The maximum atomic E-state index is 12.2. The number of aryl methyl sites for hydroxylation is 1. The molecule has 0 radical (unpaired) electrons. The number of nitrogens with zero attached hydrogens (tertiary/aromatic N) is 1. The number of benzene rings is 1. The predicted octanol–water partition coefficient (Wildman–Crippen LogP) is 2.73. The molecule has 128 valence electrons. The number of aromatic amines is 1. The van der Waals surface area contributed by atoms with Crippen molar-refractivity contribution in [3.05, 3.63) is 47.5 Å². The Labute approximate surface area is 136 Å². The third-order valence-corrected chi connectivity index (χ3v) is 3.98. The van der Waals surface area contributed by atoms with Gasteiger partial charge in [-0.05, 0) is 30.5 Å². The maximum Gasteiger partial charge on any atom is 0.573 e.